The number of hydrogen-bond donors (Lipinski definition) is 3. The number of phosphoric ester groups is 2. The van der Waals surface area contributed by atoms with E-state index in [9.17, 15) is 43.2 Å². The van der Waals surface area contributed by atoms with Crippen LogP contribution < -0.4 is 0 Å². The van der Waals surface area contributed by atoms with Crippen molar-refractivity contribution in [2.75, 3.05) is 39.6 Å². The minimum Gasteiger partial charge on any atom is -0.462 e. The number of phosphoric acid groups is 2. The molecule has 0 aliphatic rings. The van der Waals surface area contributed by atoms with Crippen LogP contribution in [-0.2, 0) is 65.4 Å². The van der Waals surface area contributed by atoms with Gasteiger partial charge < -0.3 is 33.8 Å². The number of carbonyl (C=O) groups excluding carboxylic acids is 4. The lowest BCUT2D eigenvalue weighted by Gasteiger charge is -2.21. The molecule has 0 spiro atoms. The van der Waals surface area contributed by atoms with Gasteiger partial charge in [-0.2, -0.15) is 0 Å². The van der Waals surface area contributed by atoms with E-state index in [1.807, 2.05) is 0 Å². The molecule has 0 saturated carbocycles. The zero-order valence-corrected chi connectivity index (χ0v) is 68.0. The molecule has 6 atom stereocenters. The molecule has 0 saturated heterocycles. The van der Waals surface area contributed by atoms with Crippen molar-refractivity contribution in [3.05, 3.63) is 0 Å². The van der Waals surface area contributed by atoms with Crippen molar-refractivity contribution in [2.45, 2.75) is 452 Å². The monoisotopic (exact) mass is 1480 g/mol. The Morgan fingerprint density at radius 3 is 0.752 bits per heavy atom. The fourth-order valence-corrected chi connectivity index (χ4v) is 14.3. The Morgan fingerprint density at radius 1 is 0.287 bits per heavy atom. The standard InChI is InChI=1S/C82H160O17P2/c1-7-10-12-14-16-18-19-20-21-22-23-24-25-30-36-42-48-54-60-66-81(86)99-78(71-93-80(85)65-59-53-47-41-35-29-27-26-28-34-40-45-51-57-63-75(6)9-3)73-97-101(90,91)95-69-76(83)68-94-100(88,89)96-72-77(70-92-79(84)64-58-52-46-38-17-15-13-11-8-2)98-82(87)67-61-55-49-43-37-32-31-33-39-44-50-56-62-74(4)5/h74-78,83H,7-73H2,1-6H3,(H,88,89)(H,90,91)/t75?,76-,77+,78+/m0/s1. The number of rotatable bonds is 81. The van der Waals surface area contributed by atoms with Gasteiger partial charge in [0.05, 0.1) is 26.4 Å². The fraction of sp³-hybridized carbons (Fsp3) is 0.951. The van der Waals surface area contributed by atoms with E-state index in [1.165, 1.54) is 250 Å². The van der Waals surface area contributed by atoms with Gasteiger partial charge in [-0.3, -0.25) is 37.3 Å². The number of aliphatic hydroxyl groups excluding tert-OH is 1. The maximum atomic E-state index is 13.1. The van der Waals surface area contributed by atoms with Crippen molar-refractivity contribution in [1.82, 2.24) is 0 Å². The van der Waals surface area contributed by atoms with Crippen molar-refractivity contribution < 1.29 is 80.2 Å². The average molecular weight is 1480 g/mol. The zero-order chi connectivity index (χ0) is 74.2. The largest absolute Gasteiger partial charge is 0.472 e. The number of hydrogen-bond acceptors (Lipinski definition) is 15. The molecular weight excluding hydrogens is 1320 g/mol. The summed E-state index contributed by atoms with van der Waals surface area (Å²) in [5.41, 5.74) is 0. The molecule has 600 valence electrons. The maximum Gasteiger partial charge on any atom is 0.472 e. The molecule has 0 amide bonds. The minimum absolute atomic E-state index is 0.107. The SMILES string of the molecule is CCCCCCCCCCCCCCCCCCCCCC(=O)O[C@H](COC(=O)CCCCCCCCCCCCCCCCC(C)CC)COP(=O)(O)OC[C@@H](O)COP(=O)(O)OC[C@@H](COC(=O)CCCCCCCCCCC)OC(=O)CCCCCCCCCCCCCCC(C)C. The van der Waals surface area contributed by atoms with Gasteiger partial charge in [0.25, 0.3) is 0 Å². The number of carbonyl (C=O) groups is 4. The van der Waals surface area contributed by atoms with Crippen LogP contribution in [0.15, 0.2) is 0 Å². The summed E-state index contributed by atoms with van der Waals surface area (Å²) in [5, 5.41) is 10.6. The van der Waals surface area contributed by atoms with E-state index < -0.39 is 97.5 Å². The minimum atomic E-state index is -4.96. The molecule has 101 heavy (non-hydrogen) atoms. The summed E-state index contributed by atoms with van der Waals surface area (Å²) in [5.74, 6) is -0.481. The Kier molecular flexibility index (Phi) is 72.2. The third-order valence-electron chi connectivity index (χ3n) is 19.6. The highest BCUT2D eigenvalue weighted by molar-refractivity contribution is 7.47. The van der Waals surface area contributed by atoms with E-state index >= 15 is 0 Å². The molecule has 0 fully saturated rings. The highest BCUT2D eigenvalue weighted by Gasteiger charge is 2.30. The van der Waals surface area contributed by atoms with Crippen LogP contribution in [0.1, 0.15) is 433 Å². The Hall–Kier alpha value is -1.94. The predicted octanol–water partition coefficient (Wildman–Crippen LogP) is 24.7. The second kappa shape index (κ2) is 73.6. The second-order valence-corrected chi connectivity index (χ2v) is 33.1. The molecule has 19 heteroatoms. The van der Waals surface area contributed by atoms with E-state index in [1.54, 1.807) is 0 Å². The normalized spacial score (nSPS) is 14.2. The first-order chi connectivity index (χ1) is 48.9. The van der Waals surface area contributed by atoms with E-state index in [4.69, 9.17) is 37.0 Å². The molecule has 0 rings (SSSR count). The summed E-state index contributed by atoms with van der Waals surface area (Å²) >= 11 is 0. The number of unbranched alkanes of at least 4 members (excludes halogenated alkanes) is 50. The van der Waals surface area contributed by atoms with Gasteiger partial charge in [-0.05, 0) is 37.5 Å². The summed E-state index contributed by atoms with van der Waals surface area (Å²) in [6.45, 7) is 9.69. The molecule has 17 nitrogen and oxygen atoms in total. The van der Waals surface area contributed by atoms with Crippen molar-refractivity contribution in [2.24, 2.45) is 11.8 Å². The van der Waals surface area contributed by atoms with Gasteiger partial charge in [-0.1, -0.05) is 382 Å². The van der Waals surface area contributed by atoms with Crippen LogP contribution in [0.2, 0.25) is 0 Å². The Morgan fingerprint density at radius 2 is 0.505 bits per heavy atom. The highest BCUT2D eigenvalue weighted by atomic mass is 31.2. The van der Waals surface area contributed by atoms with Gasteiger partial charge in [0.1, 0.15) is 19.3 Å². The molecule has 0 heterocycles. The van der Waals surface area contributed by atoms with Gasteiger partial charge in [0.2, 0.25) is 0 Å². The smallest absolute Gasteiger partial charge is 0.462 e. The molecule has 0 aliphatic carbocycles. The van der Waals surface area contributed by atoms with Gasteiger partial charge in [0.15, 0.2) is 12.2 Å². The number of ether oxygens (including phenoxy) is 4. The third kappa shape index (κ3) is 74.7. The van der Waals surface area contributed by atoms with E-state index in [2.05, 4.69) is 41.5 Å². The van der Waals surface area contributed by atoms with Crippen LogP contribution >= 0.6 is 15.6 Å². The predicted molar refractivity (Wildman–Crippen MR) is 414 cm³/mol. The molecular formula is C82H160O17P2. The van der Waals surface area contributed by atoms with Crippen molar-refractivity contribution in [3.63, 3.8) is 0 Å². The van der Waals surface area contributed by atoms with Gasteiger partial charge in [-0.15, -0.1) is 0 Å². The Labute approximate surface area is 619 Å². The summed E-state index contributed by atoms with van der Waals surface area (Å²) in [7, 11) is -9.92. The average Bonchev–Trinajstić information content (AvgIpc) is 0.937. The molecule has 0 bridgehead atoms. The first kappa shape index (κ1) is 99.1. The molecule has 3 N–H and O–H groups in total. The first-order valence-electron chi connectivity index (χ1n) is 42.5. The number of esters is 4. The van der Waals surface area contributed by atoms with Crippen LogP contribution in [0.3, 0.4) is 0 Å². The van der Waals surface area contributed by atoms with E-state index in [0.29, 0.717) is 25.7 Å². The zero-order valence-electron chi connectivity index (χ0n) is 66.2. The van der Waals surface area contributed by atoms with Crippen molar-refractivity contribution >= 4 is 39.5 Å². The summed E-state index contributed by atoms with van der Waals surface area (Å²) in [6, 6.07) is 0. The Bertz CT molecular complexity index is 1940. The van der Waals surface area contributed by atoms with Crippen LogP contribution in [0.25, 0.3) is 0 Å². The summed E-state index contributed by atoms with van der Waals surface area (Å²) in [6.07, 6.45) is 63.8. The second-order valence-electron chi connectivity index (χ2n) is 30.2. The summed E-state index contributed by atoms with van der Waals surface area (Å²) < 4.78 is 68.7. The molecule has 0 aromatic rings. The molecule has 0 radical (unpaired) electrons. The van der Waals surface area contributed by atoms with Crippen LogP contribution in [0.5, 0.6) is 0 Å². The van der Waals surface area contributed by atoms with Crippen LogP contribution in [-0.4, -0.2) is 96.7 Å². The number of aliphatic hydroxyl groups is 1. The third-order valence-corrected chi connectivity index (χ3v) is 21.5. The van der Waals surface area contributed by atoms with Crippen LogP contribution in [0.4, 0.5) is 0 Å². The fourth-order valence-electron chi connectivity index (χ4n) is 12.7. The first-order valence-corrected chi connectivity index (χ1v) is 45.5. The lowest BCUT2D eigenvalue weighted by Crippen LogP contribution is -2.30. The topological polar surface area (TPSA) is 237 Å². The van der Waals surface area contributed by atoms with Gasteiger partial charge >= 0.3 is 39.5 Å². The Balaban J connectivity index is 5.22. The molecule has 3 unspecified atom stereocenters. The van der Waals surface area contributed by atoms with Crippen molar-refractivity contribution in [1.29, 1.82) is 0 Å². The van der Waals surface area contributed by atoms with Gasteiger partial charge in [-0.25, -0.2) is 9.13 Å². The summed E-state index contributed by atoms with van der Waals surface area (Å²) in [4.78, 5) is 73.0. The van der Waals surface area contributed by atoms with Crippen LogP contribution in [0, 0.1) is 11.8 Å². The lowest BCUT2D eigenvalue weighted by atomic mass is 9.99. The van der Waals surface area contributed by atoms with Gasteiger partial charge in [0, 0.05) is 25.7 Å². The molecule has 0 aromatic heterocycles. The quantitative estimate of drug-likeness (QED) is 0.0222. The molecule has 0 aliphatic heterocycles. The lowest BCUT2D eigenvalue weighted by molar-refractivity contribution is -0.161. The van der Waals surface area contributed by atoms with E-state index in [-0.39, 0.29) is 25.7 Å². The maximum absolute atomic E-state index is 13.1. The molecule has 0 aromatic carbocycles. The van der Waals surface area contributed by atoms with Crippen molar-refractivity contribution in [3.8, 4) is 0 Å². The highest BCUT2D eigenvalue weighted by Crippen LogP contribution is 2.45. The van der Waals surface area contributed by atoms with E-state index in [0.717, 1.165) is 102 Å².